The molecule has 0 aliphatic rings. The number of hydrogen-bond donors (Lipinski definition) is 0. The highest BCUT2D eigenvalue weighted by molar-refractivity contribution is 6.08. The van der Waals surface area contributed by atoms with Gasteiger partial charge in [-0.15, -0.1) is 0 Å². The molecule has 14 heavy (non-hydrogen) atoms. The van der Waals surface area contributed by atoms with Gasteiger partial charge < -0.3 is 0 Å². The van der Waals surface area contributed by atoms with Crippen molar-refractivity contribution in [2.75, 3.05) is 0 Å². The Hall–Kier alpha value is -1.44. The number of rotatable bonds is 3. The molecule has 1 aromatic carbocycles. The van der Waals surface area contributed by atoms with Gasteiger partial charge in [-0.25, -0.2) is 4.39 Å². The first-order valence-corrected chi connectivity index (χ1v) is 4.64. The molecule has 0 saturated carbocycles. The van der Waals surface area contributed by atoms with Gasteiger partial charge in [-0.05, 0) is 31.1 Å². The van der Waals surface area contributed by atoms with Gasteiger partial charge in [-0.2, -0.15) is 0 Å². The number of ketones is 1. The first-order valence-electron chi connectivity index (χ1n) is 4.64. The summed E-state index contributed by atoms with van der Waals surface area (Å²) in [6, 6.07) is 5.77. The van der Waals surface area contributed by atoms with E-state index in [1.54, 1.807) is 18.2 Å². The fourth-order valence-corrected chi connectivity index (χ4v) is 1.31. The summed E-state index contributed by atoms with van der Waals surface area (Å²) in [5.74, 6) is -0.461. The Morgan fingerprint density at radius 1 is 1.50 bits per heavy atom. The lowest BCUT2D eigenvalue weighted by molar-refractivity contribution is 0.103. The molecule has 1 nitrogen and oxygen atoms in total. The van der Waals surface area contributed by atoms with Crippen LogP contribution in [0, 0.1) is 5.82 Å². The third-order valence-electron chi connectivity index (χ3n) is 2.11. The first-order chi connectivity index (χ1) is 6.69. The largest absolute Gasteiger partial charge is 0.289 e. The molecule has 0 N–H and O–H groups in total. The standard InChI is InChI=1S/C12H13FO/c1-3-9(4-2)12(14)10-6-5-7-11(13)8-10/h3,5-8H,4H2,1-2H3/b9-3-. The molecule has 0 bridgehead atoms. The predicted octanol–water partition coefficient (Wildman–Crippen LogP) is 3.36. The molecule has 0 saturated heterocycles. The zero-order chi connectivity index (χ0) is 10.6. The van der Waals surface area contributed by atoms with E-state index in [1.165, 1.54) is 12.1 Å². The lowest BCUT2D eigenvalue weighted by Gasteiger charge is -2.02. The monoisotopic (exact) mass is 192 g/mol. The van der Waals surface area contributed by atoms with Gasteiger partial charge in [-0.3, -0.25) is 4.79 Å². The highest BCUT2D eigenvalue weighted by Crippen LogP contribution is 2.12. The van der Waals surface area contributed by atoms with E-state index in [0.29, 0.717) is 12.0 Å². The van der Waals surface area contributed by atoms with Crippen molar-refractivity contribution in [2.24, 2.45) is 0 Å². The van der Waals surface area contributed by atoms with Crippen LogP contribution in [-0.2, 0) is 0 Å². The fraction of sp³-hybridized carbons (Fsp3) is 0.250. The molecule has 1 rings (SSSR count). The lowest BCUT2D eigenvalue weighted by atomic mass is 10.0. The van der Waals surface area contributed by atoms with Crippen LogP contribution in [0.3, 0.4) is 0 Å². The Kier molecular flexibility index (Phi) is 3.57. The minimum Gasteiger partial charge on any atom is -0.289 e. The second-order valence-electron chi connectivity index (χ2n) is 3.01. The van der Waals surface area contributed by atoms with Crippen molar-refractivity contribution in [3.05, 3.63) is 47.3 Å². The molecule has 1 aromatic rings. The third kappa shape index (κ3) is 2.28. The smallest absolute Gasteiger partial charge is 0.188 e. The number of carbonyl (C=O) groups is 1. The first kappa shape index (κ1) is 10.6. The summed E-state index contributed by atoms with van der Waals surface area (Å²) in [4.78, 5) is 11.7. The van der Waals surface area contributed by atoms with Crippen LogP contribution in [0.15, 0.2) is 35.9 Å². The molecule has 0 aliphatic heterocycles. The van der Waals surface area contributed by atoms with Crippen molar-refractivity contribution in [1.29, 1.82) is 0 Å². The molecule has 0 aliphatic carbocycles. The zero-order valence-electron chi connectivity index (χ0n) is 8.38. The van der Waals surface area contributed by atoms with Gasteiger partial charge in [0.05, 0.1) is 0 Å². The Labute approximate surface area is 83.3 Å². The Morgan fingerprint density at radius 3 is 2.71 bits per heavy atom. The van der Waals surface area contributed by atoms with Crippen LogP contribution in [0.1, 0.15) is 30.6 Å². The molecular formula is C12H13FO. The SMILES string of the molecule is C/C=C(/CC)C(=O)c1cccc(F)c1. The van der Waals surface area contributed by atoms with Crippen molar-refractivity contribution in [2.45, 2.75) is 20.3 Å². The van der Waals surface area contributed by atoms with Crippen LogP contribution in [0.5, 0.6) is 0 Å². The Morgan fingerprint density at radius 2 is 2.21 bits per heavy atom. The van der Waals surface area contributed by atoms with Crippen molar-refractivity contribution in [3.63, 3.8) is 0 Å². The topological polar surface area (TPSA) is 17.1 Å². The second-order valence-corrected chi connectivity index (χ2v) is 3.01. The molecule has 0 spiro atoms. The molecule has 2 heteroatoms. The quantitative estimate of drug-likeness (QED) is 0.530. The summed E-state index contributed by atoms with van der Waals surface area (Å²) in [6.45, 7) is 3.72. The molecule has 0 radical (unpaired) electrons. The summed E-state index contributed by atoms with van der Waals surface area (Å²) < 4.78 is 12.8. The van der Waals surface area contributed by atoms with Crippen LogP contribution >= 0.6 is 0 Å². The lowest BCUT2D eigenvalue weighted by Crippen LogP contribution is -2.02. The minimum absolute atomic E-state index is 0.0884. The normalized spacial score (nSPS) is 11.5. The average Bonchev–Trinajstić information content (AvgIpc) is 2.19. The summed E-state index contributed by atoms with van der Waals surface area (Å²) in [7, 11) is 0. The number of carbonyl (C=O) groups excluding carboxylic acids is 1. The number of Topliss-reactive ketones (excluding diaryl/α,β-unsaturated/α-hetero) is 1. The van der Waals surface area contributed by atoms with Crippen LogP contribution in [-0.4, -0.2) is 5.78 Å². The molecular weight excluding hydrogens is 179 g/mol. The van der Waals surface area contributed by atoms with Gasteiger partial charge in [0, 0.05) is 5.56 Å². The van der Waals surface area contributed by atoms with E-state index in [1.807, 2.05) is 13.8 Å². The van der Waals surface area contributed by atoms with Gasteiger partial charge in [0.15, 0.2) is 5.78 Å². The Balaban J connectivity index is 3.00. The molecule has 0 fully saturated rings. The van der Waals surface area contributed by atoms with Crippen LogP contribution in [0.4, 0.5) is 4.39 Å². The van der Waals surface area contributed by atoms with Gasteiger partial charge in [-0.1, -0.05) is 25.1 Å². The Bertz CT molecular complexity index is 366. The van der Waals surface area contributed by atoms with Gasteiger partial charge in [0.1, 0.15) is 5.82 Å². The fourth-order valence-electron chi connectivity index (χ4n) is 1.31. The molecule has 0 atom stereocenters. The predicted molar refractivity (Wildman–Crippen MR) is 54.8 cm³/mol. The molecule has 74 valence electrons. The third-order valence-corrected chi connectivity index (χ3v) is 2.11. The van der Waals surface area contributed by atoms with E-state index in [-0.39, 0.29) is 11.6 Å². The van der Waals surface area contributed by atoms with Crippen molar-refractivity contribution in [1.82, 2.24) is 0 Å². The minimum atomic E-state index is -0.373. The second kappa shape index (κ2) is 4.70. The molecule has 0 unspecified atom stereocenters. The van der Waals surface area contributed by atoms with Crippen LogP contribution in [0.2, 0.25) is 0 Å². The van der Waals surface area contributed by atoms with E-state index < -0.39 is 0 Å². The molecule has 0 amide bonds. The maximum absolute atomic E-state index is 12.8. The van der Waals surface area contributed by atoms with E-state index in [9.17, 15) is 9.18 Å². The van der Waals surface area contributed by atoms with Crippen molar-refractivity contribution in [3.8, 4) is 0 Å². The zero-order valence-corrected chi connectivity index (χ0v) is 8.38. The van der Waals surface area contributed by atoms with E-state index in [4.69, 9.17) is 0 Å². The molecule has 0 aromatic heterocycles. The van der Waals surface area contributed by atoms with E-state index in [0.717, 1.165) is 5.57 Å². The summed E-state index contributed by atoms with van der Waals surface area (Å²) >= 11 is 0. The van der Waals surface area contributed by atoms with Crippen LogP contribution < -0.4 is 0 Å². The maximum atomic E-state index is 12.8. The molecule has 0 heterocycles. The van der Waals surface area contributed by atoms with Gasteiger partial charge in [0.25, 0.3) is 0 Å². The van der Waals surface area contributed by atoms with E-state index in [2.05, 4.69) is 0 Å². The number of halogens is 1. The summed E-state index contributed by atoms with van der Waals surface area (Å²) in [5, 5.41) is 0. The van der Waals surface area contributed by atoms with Crippen molar-refractivity contribution < 1.29 is 9.18 Å². The van der Waals surface area contributed by atoms with Crippen LogP contribution in [0.25, 0.3) is 0 Å². The van der Waals surface area contributed by atoms with Crippen molar-refractivity contribution >= 4 is 5.78 Å². The van der Waals surface area contributed by atoms with E-state index >= 15 is 0 Å². The highest BCUT2D eigenvalue weighted by atomic mass is 19.1. The summed E-state index contributed by atoms with van der Waals surface area (Å²) in [5.41, 5.74) is 1.13. The number of benzene rings is 1. The summed E-state index contributed by atoms with van der Waals surface area (Å²) in [6.07, 6.45) is 2.44. The van der Waals surface area contributed by atoms with Gasteiger partial charge in [0.2, 0.25) is 0 Å². The van der Waals surface area contributed by atoms with Gasteiger partial charge >= 0.3 is 0 Å². The maximum Gasteiger partial charge on any atom is 0.188 e. The number of hydrogen-bond acceptors (Lipinski definition) is 1. The highest BCUT2D eigenvalue weighted by Gasteiger charge is 2.09. The number of allylic oxidation sites excluding steroid dienone is 2. The average molecular weight is 192 g/mol.